The minimum Gasteiger partial charge on any atom is -0.459 e. The lowest BCUT2D eigenvalue weighted by Crippen LogP contribution is -2.25. The summed E-state index contributed by atoms with van der Waals surface area (Å²) < 4.78 is 6.96. The Morgan fingerprint density at radius 2 is 2.33 bits per heavy atom. The summed E-state index contributed by atoms with van der Waals surface area (Å²) in [7, 11) is 0. The first-order valence-electron chi connectivity index (χ1n) is 5.99. The molecule has 0 aromatic carbocycles. The summed E-state index contributed by atoms with van der Waals surface area (Å²) in [5.41, 5.74) is 2.16. The molecule has 0 fully saturated rings. The Labute approximate surface area is 106 Å². The maximum absolute atomic E-state index is 11.6. The normalized spacial score (nSPS) is 10.6. The van der Waals surface area contributed by atoms with E-state index in [0.717, 1.165) is 24.4 Å². The number of furan rings is 1. The Kier molecular flexibility index (Phi) is 3.82. The minimum atomic E-state index is -0.173. The average Bonchev–Trinajstić information content (AvgIpc) is 2.94. The topological polar surface area (TPSA) is 60.1 Å². The zero-order valence-corrected chi connectivity index (χ0v) is 10.6. The van der Waals surface area contributed by atoms with Crippen molar-refractivity contribution in [2.75, 3.05) is 6.54 Å². The molecule has 5 heteroatoms. The minimum absolute atomic E-state index is 0.173. The van der Waals surface area contributed by atoms with Gasteiger partial charge in [-0.05, 0) is 38.5 Å². The lowest BCUT2D eigenvalue weighted by molar-refractivity contribution is 0.0925. The number of nitrogens with zero attached hydrogens (tertiary/aromatic N) is 2. The van der Waals surface area contributed by atoms with E-state index in [1.165, 1.54) is 6.26 Å². The van der Waals surface area contributed by atoms with Gasteiger partial charge in [-0.2, -0.15) is 5.10 Å². The SMILES string of the molecule is Cc1cc(C)n(CCCNC(=O)c2ccco2)n1. The number of amides is 1. The first kappa shape index (κ1) is 12.4. The Hall–Kier alpha value is -2.04. The molecular weight excluding hydrogens is 230 g/mol. The molecule has 0 saturated heterocycles. The number of carbonyl (C=O) groups excluding carboxylic acids is 1. The van der Waals surface area contributed by atoms with Gasteiger partial charge < -0.3 is 9.73 Å². The molecule has 1 N–H and O–H groups in total. The third-order valence-electron chi connectivity index (χ3n) is 2.68. The van der Waals surface area contributed by atoms with Gasteiger partial charge in [-0.25, -0.2) is 0 Å². The molecule has 0 atom stereocenters. The smallest absolute Gasteiger partial charge is 0.286 e. The van der Waals surface area contributed by atoms with Crippen molar-refractivity contribution in [3.8, 4) is 0 Å². The van der Waals surface area contributed by atoms with Crippen LogP contribution in [0.2, 0.25) is 0 Å². The number of aryl methyl sites for hydroxylation is 3. The van der Waals surface area contributed by atoms with Crippen molar-refractivity contribution in [2.24, 2.45) is 0 Å². The lowest BCUT2D eigenvalue weighted by Gasteiger charge is -2.05. The Morgan fingerprint density at radius 3 is 2.94 bits per heavy atom. The van der Waals surface area contributed by atoms with Crippen molar-refractivity contribution in [1.82, 2.24) is 15.1 Å². The fourth-order valence-corrected chi connectivity index (χ4v) is 1.83. The van der Waals surface area contributed by atoms with E-state index in [1.54, 1.807) is 12.1 Å². The molecule has 0 unspecified atom stereocenters. The van der Waals surface area contributed by atoms with Crippen LogP contribution in [0.25, 0.3) is 0 Å². The summed E-state index contributed by atoms with van der Waals surface area (Å²) in [4.78, 5) is 11.6. The summed E-state index contributed by atoms with van der Waals surface area (Å²) in [5, 5.41) is 7.17. The highest BCUT2D eigenvalue weighted by molar-refractivity contribution is 5.91. The van der Waals surface area contributed by atoms with Crippen molar-refractivity contribution in [3.63, 3.8) is 0 Å². The van der Waals surface area contributed by atoms with E-state index in [-0.39, 0.29) is 5.91 Å². The van der Waals surface area contributed by atoms with Crippen molar-refractivity contribution >= 4 is 5.91 Å². The first-order chi connectivity index (χ1) is 8.66. The van der Waals surface area contributed by atoms with Crippen LogP contribution in [-0.4, -0.2) is 22.2 Å². The molecule has 5 nitrogen and oxygen atoms in total. The quantitative estimate of drug-likeness (QED) is 0.821. The summed E-state index contributed by atoms with van der Waals surface area (Å²) in [6.45, 7) is 5.42. The summed E-state index contributed by atoms with van der Waals surface area (Å²) in [5.74, 6) is 0.175. The summed E-state index contributed by atoms with van der Waals surface area (Å²) in [6.07, 6.45) is 2.33. The standard InChI is InChI=1S/C13H17N3O2/c1-10-9-11(2)16(15-10)7-4-6-14-13(17)12-5-3-8-18-12/h3,5,8-9H,4,6-7H2,1-2H3,(H,14,17). The van der Waals surface area contributed by atoms with E-state index >= 15 is 0 Å². The first-order valence-corrected chi connectivity index (χ1v) is 5.99. The average molecular weight is 247 g/mol. The molecule has 0 saturated carbocycles. The largest absolute Gasteiger partial charge is 0.459 e. The van der Waals surface area contributed by atoms with E-state index in [1.807, 2.05) is 24.6 Å². The lowest BCUT2D eigenvalue weighted by atomic mass is 10.3. The van der Waals surface area contributed by atoms with Crippen LogP contribution in [0.3, 0.4) is 0 Å². The number of aromatic nitrogens is 2. The second-order valence-corrected chi connectivity index (χ2v) is 4.24. The van der Waals surface area contributed by atoms with Gasteiger partial charge in [-0.15, -0.1) is 0 Å². The van der Waals surface area contributed by atoms with E-state index in [2.05, 4.69) is 10.4 Å². The van der Waals surface area contributed by atoms with Gasteiger partial charge in [0.15, 0.2) is 5.76 Å². The molecule has 0 spiro atoms. The van der Waals surface area contributed by atoms with Crippen molar-refractivity contribution in [3.05, 3.63) is 41.6 Å². The van der Waals surface area contributed by atoms with Crippen LogP contribution in [-0.2, 0) is 6.54 Å². The van der Waals surface area contributed by atoms with Gasteiger partial charge in [0, 0.05) is 18.8 Å². The van der Waals surface area contributed by atoms with Crippen LogP contribution >= 0.6 is 0 Å². The highest BCUT2D eigenvalue weighted by atomic mass is 16.3. The van der Waals surface area contributed by atoms with Gasteiger partial charge in [0.2, 0.25) is 0 Å². The molecule has 2 aromatic heterocycles. The molecule has 0 bridgehead atoms. The van der Waals surface area contributed by atoms with Crippen LogP contribution in [0.15, 0.2) is 28.9 Å². The second-order valence-electron chi connectivity index (χ2n) is 4.24. The zero-order chi connectivity index (χ0) is 13.0. The molecule has 1 amide bonds. The molecule has 0 aliphatic heterocycles. The molecule has 18 heavy (non-hydrogen) atoms. The van der Waals surface area contributed by atoms with Crippen LogP contribution in [0, 0.1) is 13.8 Å². The Bertz CT molecular complexity index is 514. The molecule has 0 radical (unpaired) electrons. The Balaban J connectivity index is 1.73. The summed E-state index contributed by atoms with van der Waals surface area (Å²) in [6, 6.07) is 5.39. The molecule has 0 aliphatic rings. The molecular formula is C13H17N3O2. The third-order valence-corrected chi connectivity index (χ3v) is 2.68. The number of carbonyl (C=O) groups is 1. The fourth-order valence-electron chi connectivity index (χ4n) is 1.83. The maximum atomic E-state index is 11.6. The molecule has 2 heterocycles. The number of rotatable bonds is 5. The van der Waals surface area contributed by atoms with Crippen molar-refractivity contribution in [1.29, 1.82) is 0 Å². The third kappa shape index (κ3) is 3.00. The predicted octanol–water partition coefficient (Wildman–Crippen LogP) is 1.91. The van der Waals surface area contributed by atoms with E-state index in [9.17, 15) is 4.79 Å². The van der Waals surface area contributed by atoms with Crippen LogP contribution in [0.1, 0.15) is 28.4 Å². The molecule has 96 valence electrons. The van der Waals surface area contributed by atoms with E-state index in [4.69, 9.17) is 4.42 Å². The van der Waals surface area contributed by atoms with E-state index < -0.39 is 0 Å². The number of nitrogens with one attached hydrogen (secondary N) is 1. The monoisotopic (exact) mass is 247 g/mol. The number of hydrogen-bond donors (Lipinski definition) is 1. The molecule has 0 aliphatic carbocycles. The van der Waals surface area contributed by atoms with Gasteiger partial charge >= 0.3 is 0 Å². The zero-order valence-electron chi connectivity index (χ0n) is 10.6. The second kappa shape index (κ2) is 5.53. The highest BCUT2D eigenvalue weighted by Gasteiger charge is 2.07. The maximum Gasteiger partial charge on any atom is 0.286 e. The van der Waals surface area contributed by atoms with Crippen LogP contribution in [0.5, 0.6) is 0 Å². The predicted molar refractivity (Wildman–Crippen MR) is 67.4 cm³/mol. The highest BCUT2D eigenvalue weighted by Crippen LogP contribution is 2.03. The van der Waals surface area contributed by atoms with Crippen molar-refractivity contribution in [2.45, 2.75) is 26.8 Å². The summed E-state index contributed by atoms with van der Waals surface area (Å²) >= 11 is 0. The van der Waals surface area contributed by atoms with Crippen molar-refractivity contribution < 1.29 is 9.21 Å². The van der Waals surface area contributed by atoms with Crippen LogP contribution in [0.4, 0.5) is 0 Å². The van der Waals surface area contributed by atoms with Crippen LogP contribution < -0.4 is 5.32 Å². The van der Waals surface area contributed by atoms with Gasteiger partial charge in [-0.3, -0.25) is 9.48 Å². The van der Waals surface area contributed by atoms with Gasteiger partial charge in [-0.1, -0.05) is 0 Å². The molecule has 2 aromatic rings. The number of hydrogen-bond acceptors (Lipinski definition) is 3. The van der Waals surface area contributed by atoms with Gasteiger partial charge in [0.1, 0.15) is 0 Å². The van der Waals surface area contributed by atoms with Gasteiger partial charge in [0.25, 0.3) is 5.91 Å². The van der Waals surface area contributed by atoms with E-state index in [0.29, 0.717) is 12.3 Å². The van der Waals surface area contributed by atoms with Gasteiger partial charge in [0.05, 0.1) is 12.0 Å². The fraction of sp³-hybridized carbons (Fsp3) is 0.385. The molecule has 2 rings (SSSR count). The Morgan fingerprint density at radius 1 is 1.50 bits per heavy atom.